The third-order valence-electron chi connectivity index (χ3n) is 0.879. The maximum Gasteiger partial charge on any atom is 0.150 e. The number of nitroso groups, excluding NO2 is 1. The van der Waals surface area contributed by atoms with Gasteiger partial charge in [0.1, 0.15) is 0 Å². The molecule has 0 aliphatic heterocycles. The van der Waals surface area contributed by atoms with E-state index < -0.39 is 0 Å². The topological polar surface area (TPSA) is 70.0 Å². The summed E-state index contributed by atoms with van der Waals surface area (Å²) < 4.78 is 0. The Kier molecular flexibility index (Phi) is 4.39. The number of ketones is 1. The Labute approximate surface area is 58.6 Å². The van der Waals surface area contributed by atoms with Crippen LogP contribution in [0.4, 0.5) is 0 Å². The lowest BCUT2D eigenvalue weighted by molar-refractivity contribution is -0.118. The summed E-state index contributed by atoms with van der Waals surface area (Å²) in [5.74, 6) is -0.145. The number of carbonyl (C=O) groups is 1. The van der Waals surface area contributed by atoms with E-state index in [9.17, 15) is 9.70 Å². The van der Waals surface area contributed by atoms with Gasteiger partial charge >= 0.3 is 0 Å². The third kappa shape index (κ3) is 3.96. The molecule has 10 heavy (non-hydrogen) atoms. The van der Waals surface area contributed by atoms with Crippen molar-refractivity contribution in [3.63, 3.8) is 0 Å². The highest BCUT2D eigenvalue weighted by atomic mass is 16.3. The van der Waals surface area contributed by atoms with Crippen LogP contribution in [0.25, 0.3) is 0 Å². The lowest BCUT2D eigenvalue weighted by Crippen LogP contribution is -2.25. The Morgan fingerprint density at radius 3 is 2.60 bits per heavy atom. The molecule has 0 aromatic heterocycles. The first kappa shape index (κ1) is 9.03. The monoisotopic (exact) mass is 146 g/mol. The minimum atomic E-state index is -0.168. The lowest BCUT2D eigenvalue weighted by Gasteiger charge is -2.09. The SMILES string of the molecule is CC(=O)CN(CCO)N=O. The third-order valence-corrected chi connectivity index (χ3v) is 0.879. The number of hydrogen-bond acceptors (Lipinski definition) is 4. The van der Waals surface area contributed by atoms with Crippen molar-refractivity contribution in [3.05, 3.63) is 4.91 Å². The first-order valence-corrected chi connectivity index (χ1v) is 2.89. The molecule has 5 heteroatoms. The summed E-state index contributed by atoms with van der Waals surface area (Å²) in [6.07, 6.45) is 0. The van der Waals surface area contributed by atoms with Crippen molar-refractivity contribution in [2.45, 2.75) is 6.92 Å². The lowest BCUT2D eigenvalue weighted by atomic mass is 10.4. The fraction of sp³-hybridized carbons (Fsp3) is 0.800. The molecule has 0 fully saturated rings. The average molecular weight is 146 g/mol. The zero-order valence-corrected chi connectivity index (χ0v) is 5.78. The molecule has 58 valence electrons. The summed E-state index contributed by atoms with van der Waals surface area (Å²) >= 11 is 0. The van der Waals surface area contributed by atoms with Gasteiger partial charge in [-0.15, -0.1) is 4.91 Å². The number of nitrogens with zero attached hydrogens (tertiary/aromatic N) is 2. The van der Waals surface area contributed by atoms with E-state index in [-0.39, 0.29) is 25.5 Å². The quantitative estimate of drug-likeness (QED) is 0.421. The van der Waals surface area contributed by atoms with Gasteiger partial charge in [-0.3, -0.25) is 9.80 Å². The predicted octanol–water partition coefficient (Wildman–Crippen LogP) is -0.449. The van der Waals surface area contributed by atoms with Crippen LogP contribution in [0.3, 0.4) is 0 Å². The van der Waals surface area contributed by atoms with Crippen LogP contribution in [0.15, 0.2) is 5.29 Å². The van der Waals surface area contributed by atoms with Crippen LogP contribution in [-0.2, 0) is 4.79 Å². The van der Waals surface area contributed by atoms with Gasteiger partial charge in [0.05, 0.1) is 25.0 Å². The first-order chi connectivity index (χ1) is 4.70. The Morgan fingerprint density at radius 2 is 2.30 bits per heavy atom. The molecule has 0 radical (unpaired) electrons. The van der Waals surface area contributed by atoms with Crippen molar-refractivity contribution in [1.29, 1.82) is 0 Å². The van der Waals surface area contributed by atoms with Gasteiger partial charge in [0.15, 0.2) is 5.78 Å². The average Bonchev–Trinajstić information content (AvgIpc) is 1.86. The van der Waals surface area contributed by atoms with Crippen molar-refractivity contribution in [3.8, 4) is 0 Å². The van der Waals surface area contributed by atoms with E-state index in [0.29, 0.717) is 0 Å². The van der Waals surface area contributed by atoms with E-state index >= 15 is 0 Å². The molecule has 0 saturated heterocycles. The maximum atomic E-state index is 10.4. The van der Waals surface area contributed by atoms with Gasteiger partial charge in [0.25, 0.3) is 0 Å². The van der Waals surface area contributed by atoms with Crippen molar-refractivity contribution >= 4 is 5.78 Å². The molecule has 0 spiro atoms. The van der Waals surface area contributed by atoms with Crippen LogP contribution < -0.4 is 0 Å². The second-order valence-corrected chi connectivity index (χ2v) is 1.90. The number of carbonyl (C=O) groups excluding carboxylic acids is 1. The van der Waals surface area contributed by atoms with Gasteiger partial charge in [-0.25, -0.2) is 0 Å². The smallest absolute Gasteiger partial charge is 0.150 e. The van der Waals surface area contributed by atoms with E-state index in [0.717, 1.165) is 5.01 Å². The number of aliphatic hydroxyl groups excluding tert-OH is 1. The second-order valence-electron chi connectivity index (χ2n) is 1.90. The highest BCUT2D eigenvalue weighted by Gasteiger charge is 2.03. The van der Waals surface area contributed by atoms with Crippen LogP contribution in [-0.4, -0.2) is 35.6 Å². The van der Waals surface area contributed by atoms with Crippen molar-refractivity contribution in [1.82, 2.24) is 5.01 Å². The van der Waals surface area contributed by atoms with Gasteiger partial charge in [-0.1, -0.05) is 0 Å². The van der Waals surface area contributed by atoms with E-state index in [1.54, 1.807) is 0 Å². The van der Waals surface area contributed by atoms with Crippen molar-refractivity contribution < 1.29 is 9.90 Å². The molecule has 0 aromatic carbocycles. The Bertz CT molecular complexity index is 126. The summed E-state index contributed by atoms with van der Waals surface area (Å²) in [5.41, 5.74) is 0. The minimum absolute atomic E-state index is 0.0238. The fourth-order valence-corrected chi connectivity index (χ4v) is 0.521. The van der Waals surface area contributed by atoms with Crippen LogP contribution in [0.5, 0.6) is 0 Å². The Morgan fingerprint density at radius 1 is 1.70 bits per heavy atom. The molecule has 0 heterocycles. The molecule has 0 bridgehead atoms. The molecule has 0 saturated carbocycles. The Balaban J connectivity index is 3.59. The second kappa shape index (κ2) is 4.87. The molecule has 5 nitrogen and oxygen atoms in total. The molecular formula is C5H10N2O3. The van der Waals surface area contributed by atoms with Gasteiger partial charge in [-0.2, -0.15) is 0 Å². The van der Waals surface area contributed by atoms with E-state index in [2.05, 4.69) is 5.29 Å². The number of hydrogen-bond donors (Lipinski definition) is 1. The van der Waals surface area contributed by atoms with Gasteiger partial charge < -0.3 is 5.11 Å². The summed E-state index contributed by atoms with van der Waals surface area (Å²) in [6.45, 7) is 1.28. The molecule has 0 amide bonds. The normalized spacial score (nSPS) is 9.00. The standard InChI is InChI=1S/C5H10N2O3/c1-5(9)4-7(6-10)2-3-8/h8H,2-4H2,1H3. The molecule has 0 atom stereocenters. The maximum absolute atomic E-state index is 10.4. The van der Waals surface area contributed by atoms with Crippen molar-refractivity contribution in [2.24, 2.45) is 5.29 Å². The molecule has 0 rings (SSSR count). The van der Waals surface area contributed by atoms with Gasteiger partial charge in [-0.05, 0) is 6.92 Å². The highest BCUT2D eigenvalue weighted by molar-refractivity contribution is 5.77. The van der Waals surface area contributed by atoms with Crippen LogP contribution in [0.2, 0.25) is 0 Å². The molecular weight excluding hydrogens is 136 g/mol. The largest absolute Gasteiger partial charge is 0.394 e. The fourth-order valence-electron chi connectivity index (χ4n) is 0.521. The Hall–Kier alpha value is -0.970. The van der Waals surface area contributed by atoms with Gasteiger partial charge in [0.2, 0.25) is 0 Å². The van der Waals surface area contributed by atoms with E-state index in [4.69, 9.17) is 5.11 Å². The predicted molar refractivity (Wildman–Crippen MR) is 35.1 cm³/mol. The summed E-state index contributed by atoms with van der Waals surface area (Å²) in [4.78, 5) is 20.2. The summed E-state index contributed by atoms with van der Waals surface area (Å²) in [6, 6.07) is 0. The van der Waals surface area contributed by atoms with Gasteiger partial charge in [0, 0.05) is 0 Å². The molecule has 0 unspecified atom stereocenters. The van der Waals surface area contributed by atoms with E-state index in [1.165, 1.54) is 6.92 Å². The number of aliphatic hydroxyl groups is 1. The summed E-state index contributed by atoms with van der Waals surface area (Å²) in [5, 5.41) is 11.8. The first-order valence-electron chi connectivity index (χ1n) is 2.89. The zero-order chi connectivity index (χ0) is 7.98. The summed E-state index contributed by atoms with van der Waals surface area (Å²) in [7, 11) is 0. The molecule has 0 aromatic rings. The highest BCUT2D eigenvalue weighted by Crippen LogP contribution is 1.86. The molecule has 1 N–H and O–H groups in total. The van der Waals surface area contributed by atoms with Crippen LogP contribution in [0, 0.1) is 4.91 Å². The minimum Gasteiger partial charge on any atom is -0.394 e. The molecule has 0 aliphatic carbocycles. The van der Waals surface area contributed by atoms with Crippen LogP contribution >= 0.6 is 0 Å². The zero-order valence-electron chi connectivity index (χ0n) is 5.78. The number of Topliss-reactive ketones (excluding diaryl/α,β-unsaturated/α-hetero) is 1. The van der Waals surface area contributed by atoms with Crippen molar-refractivity contribution in [2.75, 3.05) is 19.7 Å². The number of rotatable bonds is 5. The van der Waals surface area contributed by atoms with E-state index in [1.807, 2.05) is 0 Å². The molecule has 0 aliphatic rings. The van der Waals surface area contributed by atoms with Crippen LogP contribution in [0.1, 0.15) is 6.92 Å².